The van der Waals surface area contributed by atoms with Crippen molar-refractivity contribution in [3.63, 3.8) is 0 Å². The van der Waals surface area contributed by atoms with Gasteiger partial charge in [-0.3, -0.25) is 0 Å². The highest BCUT2D eigenvalue weighted by atomic mass is 35.5. The fraction of sp³-hybridized carbons (Fsp3) is 0.250. The molecule has 0 spiro atoms. The van der Waals surface area contributed by atoms with Gasteiger partial charge in [0.05, 0.1) is 16.2 Å². The molecule has 0 radical (unpaired) electrons. The van der Waals surface area contributed by atoms with E-state index in [9.17, 15) is 30.0 Å². The maximum atomic E-state index is 14.0. The minimum absolute atomic E-state index is 0.0172. The average Bonchev–Trinajstić information content (AvgIpc) is 3.40. The molecule has 1 aliphatic rings. The van der Waals surface area contributed by atoms with Crippen LogP contribution in [-0.4, -0.2) is 71.1 Å². The van der Waals surface area contributed by atoms with E-state index >= 15 is 0 Å². The number of fused-ring (bicyclic) bond motifs is 1. The lowest BCUT2D eigenvalue weighted by atomic mass is 10.2. The third kappa shape index (κ3) is 7.08. The SMILES string of the molecule is O=C(NS(=O)(=O)CCC1CN(S(=O)(=O)c2cc3cc(Cl)ccc3n2S(=O)(=O)c2ccccc2)CCN1)OCc1ccccc1. The monoisotopic (exact) mass is 680 g/mol. The number of sulfonamides is 2. The highest BCUT2D eigenvalue weighted by Crippen LogP contribution is 2.32. The van der Waals surface area contributed by atoms with Crippen molar-refractivity contribution in [3.05, 3.63) is 95.5 Å². The molecule has 3 aromatic carbocycles. The third-order valence-electron chi connectivity index (χ3n) is 6.98. The van der Waals surface area contributed by atoms with Crippen LogP contribution in [0.5, 0.6) is 0 Å². The van der Waals surface area contributed by atoms with E-state index in [0.717, 1.165) is 8.28 Å². The fourth-order valence-electron chi connectivity index (χ4n) is 4.83. The molecule has 2 heterocycles. The Morgan fingerprint density at radius 3 is 2.30 bits per heavy atom. The number of piperazine rings is 1. The quantitative estimate of drug-likeness (QED) is 0.256. The Morgan fingerprint density at radius 2 is 1.59 bits per heavy atom. The maximum Gasteiger partial charge on any atom is 0.421 e. The smallest absolute Gasteiger partial charge is 0.421 e. The van der Waals surface area contributed by atoms with Crippen molar-refractivity contribution < 1.29 is 34.8 Å². The van der Waals surface area contributed by atoms with Crippen LogP contribution in [-0.2, 0) is 41.4 Å². The third-order valence-corrected chi connectivity index (χ3v) is 12.2. The van der Waals surface area contributed by atoms with Crippen LogP contribution >= 0.6 is 11.6 Å². The number of nitrogens with zero attached hydrogens (tertiary/aromatic N) is 2. The molecule has 0 bridgehead atoms. The van der Waals surface area contributed by atoms with E-state index in [1.54, 1.807) is 36.4 Å². The van der Waals surface area contributed by atoms with E-state index < -0.39 is 53.0 Å². The number of nitrogens with one attached hydrogen (secondary N) is 2. The van der Waals surface area contributed by atoms with Gasteiger partial charge in [0.2, 0.25) is 10.0 Å². The standard InChI is InChI=1S/C28H29ClN4O8S3/c29-23-11-12-26-22(17-23)18-27(33(26)43(37,38)25-9-5-2-6-10-25)44(39,40)32-15-14-30-24(19-32)13-16-42(35,36)31-28(34)41-20-21-7-3-1-4-8-21/h1-12,17-18,24,30H,13-16,19-20H2,(H,31,34). The van der Waals surface area contributed by atoms with Gasteiger partial charge in [0.15, 0.2) is 5.03 Å². The number of aromatic nitrogens is 1. The summed E-state index contributed by atoms with van der Waals surface area (Å²) in [6, 6.07) is 21.3. The Balaban J connectivity index is 1.32. The zero-order valence-corrected chi connectivity index (χ0v) is 26.4. The summed E-state index contributed by atoms with van der Waals surface area (Å²) >= 11 is 6.13. The lowest BCUT2D eigenvalue weighted by Gasteiger charge is -2.33. The van der Waals surface area contributed by atoms with Gasteiger partial charge in [-0.25, -0.2) is 38.7 Å². The molecule has 2 N–H and O–H groups in total. The number of carbonyl (C=O) groups is 1. The highest BCUT2D eigenvalue weighted by Gasteiger charge is 2.36. The maximum absolute atomic E-state index is 14.0. The molecule has 0 saturated carbocycles. The summed E-state index contributed by atoms with van der Waals surface area (Å²) in [6.07, 6.45) is -1.16. The molecule has 1 aliphatic heterocycles. The number of hydrogen-bond donors (Lipinski definition) is 2. The second kappa shape index (κ2) is 12.9. The van der Waals surface area contributed by atoms with E-state index in [-0.39, 0.29) is 43.1 Å². The Morgan fingerprint density at radius 1 is 0.909 bits per heavy atom. The van der Waals surface area contributed by atoms with Gasteiger partial charge < -0.3 is 10.1 Å². The number of halogens is 1. The molecule has 1 atom stereocenters. The molecule has 16 heteroatoms. The van der Waals surface area contributed by atoms with Gasteiger partial charge in [-0.2, -0.15) is 4.31 Å². The first-order chi connectivity index (χ1) is 20.9. The molecular weight excluding hydrogens is 652 g/mol. The van der Waals surface area contributed by atoms with Gasteiger partial charge in [-0.15, -0.1) is 0 Å². The van der Waals surface area contributed by atoms with Crippen molar-refractivity contribution in [2.24, 2.45) is 0 Å². The molecule has 4 aromatic rings. The van der Waals surface area contributed by atoms with Crippen molar-refractivity contribution in [1.82, 2.24) is 18.3 Å². The van der Waals surface area contributed by atoms with Crippen LogP contribution in [0.25, 0.3) is 10.9 Å². The number of ether oxygens (including phenoxy) is 1. The minimum atomic E-state index is -4.40. The predicted octanol–water partition coefficient (Wildman–Crippen LogP) is 3.14. The molecule has 12 nitrogen and oxygen atoms in total. The van der Waals surface area contributed by atoms with Crippen LogP contribution in [0.4, 0.5) is 4.79 Å². The lowest BCUT2D eigenvalue weighted by Crippen LogP contribution is -2.53. The number of carbonyl (C=O) groups excluding carboxylic acids is 1. The van der Waals surface area contributed by atoms with Crippen LogP contribution < -0.4 is 10.0 Å². The van der Waals surface area contributed by atoms with Gasteiger partial charge in [0.25, 0.3) is 20.0 Å². The van der Waals surface area contributed by atoms with Gasteiger partial charge in [0.1, 0.15) is 6.61 Å². The Bertz CT molecular complexity index is 1990. The topological polar surface area (TPSA) is 161 Å². The number of rotatable bonds is 10. The molecule has 1 aromatic heterocycles. The van der Waals surface area contributed by atoms with Gasteiger partial charge in [0, 0.05) is 36.1 Å². The van der Waals surface area contributed by atoms with Crippen LogP contribution in [0, 0.1) is 0 Å². The summed E-state index contributed by atoms with van der Waals surface area (Å²) in [6.45, 7) is -0.0383. The zero-order valence-electron chi connectivity index (χ0n) is 23.2. The predicted molar refractivity (Wildman–Crippen MR) is 165 cm³/mol. The number of amides is 1. The summed E-state index contributed by atoms with van der Waals surface area (Å²) in [7, 11) is -12.8. The Labute approximate surface area is 260 Å². The first-order valence-corrected chi connectivity index (χ1v) is 18.3. The summed E-state index contributed by atoms with van der Waals surface area (Å²) < 4.78 is 89.4. The van der Waals surface area contributed by atoms with Crippen molar-refractivity contribution in [3.8, 4) is 0 Å². The molecule has 1 unspecified atom stereocenters. The number of benzene rings is 3. The molecule has 0 aliphatic carbocycles. The molecule has 44 heavy (non-hydrogen) atoms. The van der Waals surface area contributed by atoms with E-state index in [1.165, 1.54) is 48.5 Å². The highest BCUT2D eigenvalue weighted by molar-refractivity contribution is 7.92. The second-order valence-electron chi connectivity index (χ2n) is 10.1. The lowest BCUT2D eigenvalue weighted by molar-refractivity contribution is 0.146. The second-order valence-corrected chi connectivity index (χ2v) is 16.0. The van der Waals surface area contributed by atoms with Gasteiger partial charge in [-0.1, -0.05) is 60.1 Å². The Kier molecular flexibility index (Phi) is 9.34. The molecule has 1 saturated heterocycles. The summed E-state index contributed by atoms with van der Waals surface area (Å²) in [5.41, 5.74) is 0.825. The minimum Gasteiger partial charge on any atom is -0.444 e. The van der Waals surface area contributed by atoms with Crippen LogP contribution in [0.15, 0.2) is 94.9 Å². The molecule has 1 amide bonds. The van der Waals surface area contributed by atoms with Crippen LogP contribution in [0.1, 0.15) is 12.0 Å². The van der Waals surface area contributed by atoms with E-state index in [0.29, 0.717) is 16.0 Å². The molecule has 234 valence electrons. The normalized spacial score (nSPS) is 16.5. The van der Waals surface area contributed by atoms with Gasteiger partial charge in [-0.05, 0) is 48.4 Å². The van der Waals surface area contributed by atoms with Crippen molar-refractivity contribution in [1.29, 1.82) is 0 Å². The van der Waals surface area contributed by atoms with E-state index in [2.05, 4.69) is 5.32 Å². The number of hydrogen-bond acceptors (Lipinski definition) is 9. The Hall–Kier alpha value is -3.47. The van der Waals surface area contributed by atoms with Crippen molar-refractivity contribution in [2.75, 3.05) is 25.4 Å². The summed E-state index contributed by atoms with van der Waals surface area (Å²) in [5, 5.41) is 3.25. The zero-order chi connectivity index (χ0) is 31.5. The largest absolute Gasteiger partial charge is 0.444 e. The summed E-state index contributed by atoms with van der Waals surface area (Å²) in [4.78, 5) is 12.0. The fourth-order valence-corrected chi connectivity index (χ4v) is 9.58. The molecule has 1 fully saturated rings. The van der Waals surface area contributed by atoms with Crippen LogP contribution in [0.3, 0.4) is 0 Å². The van der Waals surface area contributed by atoms with Crippen molar-refractivity contribution >= 4 is 58.7 Å². The average molecular weight is 681 g/mol. The first kappa shape index (κ1) is 31.9. The molecule has 5 rings (SSSR count). The van der Waals surface area contributed by atoms with E-state index in [4.69, 9.17) is 16.3 Å². The van der Waals surface area contributed by atoms with Crippen molar-refractivity contribution in [2.45, 2.75) is 29.0 Å². The van der Waals surface area contributed by atoms with Crippen LogP contribution in [0.2, 0.25) is 5.02 Å². The molecular formula is C28H29ClN4O8S3. The van der Waals surface area contributed by atoms with E-state index in [1.807, 2.05) is 4.72 Å². The van der Waals surface area contributed by atoms with Gasteiger partial charge >= 0.3 is 6.09 Å². The summed E-state index contributed by atoms with van der Waals surface area (Å²) in [5.74, 6) is -0.486. The first-order valence-electron chi connectivity index (χ1n) is 13.4.